The van der Waals surface area contributed by atoms with Crippen molar-refractivity contribution in [1.29, 1.82) is 0 Å². The first-order valence-corrected chi connectivity index (χ1v) is 20.4. The van der Waals surface area contributed by atoms with Gasteiger partial charge in [0, 0.05) is 43.2 Å². The third-order valence-electron chi connectivity index (χ3n) is 11.3. The molecular formula is C37H54N6O6S. The number of aliphatic hydroxyl groups excluding tert-OH is 1. The van der Waals surface area contributed by atoms with Crippen LogP contribution in [0.2, 0.25) is 0 Å². The van der Waals surface area contributed by atoms with E-state index in [4.69, 9.17) is 14.5 Å². The van der Waals surface area contributed by atoms with Crippen LogP contribution < -0.4 is 15.4 Å². The fourth-order valence-electron chi connectivity index (χ4n) is 7.96. The molecule has 2 aliphatic carbocycles. The van der Waals surface area contributed by atoms with Gasteiger partial charge in [0.15, 0.2) is 0 Å². The molecule has 0 bridgehead atoms. The molecule has 6 rings (SSSR count). The maximum absolute atomic E-state index is 12.7. The summed E-state index contributed by atoms with van der Waals surface area (Å²) in [6, 6.07) is 9.75. The van der Waals surface area contributed by atoms with Gasteiger partial charge in [0.05, 0.1) is 17.9 Å². The number of aromatic nitrogens is 3. The molecule has 1 aromatic carbocycles. The van der Waals surface area contributed by atoms with Gasteiger partial charge in [-0.05, 0) is 99.9 Å². The Morgan fingerprint density at radius 1 is 1.14 bits per heavy atom. The summed E-state index contributed by atoms with van der Waals surface area (Å²) in [6.07, 6.45) is 12.5. The maximum Gasteiger partial charge on any atom is 0.323 e. The number of rotatable bonds is 15. The smallest absolute Gasteiger partial charge is 0.323 e. The van der Waals surface area contributed by atoms with E-state index in [1.54, 1.807) is 6.20 Å². The number of aliphatic hydroxyl groups is 1. The summed E-state index contributed by atoms with van der Waals surface area (Å²) >= 11 is 0. The number of piperidine rings is 1. The Hall–Kier alpha value is -3.26. The van der Waals surface area contributed by atoms with Crippen LogP contribution in [0.1, 0.15) is 71.6 Å². The van der Waals surface area contributed by atoms with Crippen molar-refractivity contribution in [3.63, 3.8) is 0 Å². The van der Waals surface area contributed by atoms with Crippen molar-refractivity contribution in [2.75, 3.05) is 44.1 Å². The van der Waals surface area contributed by atoms with Crippen LogP contribution in [0.15, 0.2) is 42.7 Å². The van der Waals surface area contributed by atoms with Gasteiger partial charge < -0.3 is 29.8 Å². The maximum atomic E-state index is 12.7. The first-order chi connectivity index (χ1) is 24.0. The Kier molecular flexibility index (Phi) is 11.4. The second-order valence-electron chi connectivity index (χ2n) is 14.8. The fourth-order valence-corrected chi connectivity index (χ4v) is 8.60. The average molecular weight is 711 g/mol. The number of esters is 1. The van der Waals surface area contributed by atoms with Crippen LogP contribution in [0.4, 0.5) is 5.95 Å². The minimum Gasteiger partial charge on any atom is -0.493 e. The molecule has 3 heterocycles. The van der Waals surface area contributed by atoms with Crippen LogP contribution in [0, 0.1) is 17.3 Å². The number of hydrogen-bond donors (Lipinski definition) is 3. The summed E-state index contributed by atoms with van der Waals surface area (Å²) in [6.45, 7) is 5.96. The molecule has 1 aliphatic heterocycles. The minimum atomic E-state index is -3.02. The minimum absolute atomic E-state index is 0.0903. The summed E-state index contributed by atoms with van der Waals surface area (Å²) in [7, 11) is -1.21. The fraction of sp³-hybridized carbons (Fsp3) is 0.649. The van der Waals surface area contributed by atoms with Gasteiger partial charge in [-0.1, -0.05) is 26.3 Å². The van der Waals surface area contributed by atoms with E-state index in [1.807, 2.05) is 48.1 Å². The molecule has 50 heavy (non-hydrogen) atoms. The van der Waals surface area contributed by atoms with Gasteiger partial charge in [0.2, 0.25) is 5.95 Å². The highest BCUT2D eigenvalue weighted by molar-refractivity contribution is 7.90. The van der Waals surface area contributed by atoms with Crippen LogP contribution in [-0.2, 0) is 19.4 Å². The van der Waals surface area contributed by atoms with Gasteiger partial charge in [-0.3, -0.25) is 9.69 Å². The number of sulfone groups is 1. The Labute approximate surface area is 296 Å². The molecule has 3 N–H and O–H groups in total. The van der Waals surface area contributed by atoms with Gasteiger partial charge in [-0.15, -0.1) is 0 Å². The van der Waals surface area contributed by atoms with Crippen LogP contribution in [-0.4, -0.2) is 102 Å². The molecule has 13 heteroatoms. The topological polar surface area (TPSA) is 148 Å². The van der Waals surface area contributed by atoms with E-state index < -0.39 is 16.1 Å². The highest BCUT2D eigenvalue weighted by Crippen LogP contribution is 2.58. The lowest BCUT2D eigenvalue weighted by Crippen LogP contribution is -2.49. The van der Waals surface area contributed by atoms with Gasteiger partial charge in [-0.25, -0.2) is 13.4 Å². The number of carbonyl (C=O) groups is 1. The standard InChI is InChI=1S/C37H54N6O6S/c1-5-25(2)33(38-3)35(45)49-27-13-19-42(20-14-27)34(44)26-10-16-37(17-11-26)24-31(37)40-36-39-18-12-32(41-36)43-21-15-28-29(43)8-6-9-30(28)48-22-7-23-50(4,46)47/h6,8-9,12,15,18,21,25-27,31,33-34,38,44H,5,7,10-11,13-14,16-17,19-20,22-24H2,1-4H3,(H,39,40,41)/t25-,26?,31+,33-,34?,37?/m1/s1. The zero-order valence-corrected chi connectivity index (χ0v) is 30.7. The second kappa shape index (κ2) is 15.5. The molecule has 12 nitrogen and oxygen atoms in total. The molecule has 4 atom stereocenters. The monoisotopic (exact) mass is 710 g/mol. The number of benzene rings is 1. The Bertz CT molecular complexity index is 1720. The highest BCUT2D eigenvalue weighted by atomic mass is 32.2. The van der Waals surface area contributed by atoms with Crippen molar-refractivity contribution < 1.29 is 27.8 Å². The van der Waals surface area contributed by atoms with Crippen LogP contribution >= 0.6 is 0 Å². The lowest BCUT2D eigenvalue weighted by Gasteiger charge is -2.41. The van der Waals surface area contributed by atoms with E-state index in [0.29, 0.717) is 30.8 Å². The second-order valence-corrected chi connectivity index (χ2v) is 17.0. The normalized spacial score (nSPS) is 24.9. The molecule has 1 spiro atoms. The molecule has 3 aromatic rings. The highest BCUT2D eigenvalue weighted by Gasteiger charge is 2.56. The van der Waals surface area contributed by atoms with Crippen molar-refractivity contribution in [3.05, 3.63) is 42.7 Å². The lowest BCUT2D eigenvalue weighted by molar-refractivity contribution is -0.157. The Balaban J connectivity index is 0.980. The van der Waals surface area contributed by atoms with E-state index in [9.17, 15) is 18.3 Å². The Morgan fingerprint density at radius 2 is 1.90 bits per heavy atom. The van der Waals surface area contributed by atoms with Gasteiger partial charge >= 0.3 is 5.97 Å². The SMILES string of the molecule is CC[C@@H](C)[C@@H](NC)C(=O)OC1CCN(C(O)C2CCC3(CC2)C[C@@H]3Nc2nccc(-n3ccc4c(OCCCS(C)(=O)=O)cccc43)n2)CC1. The van der Waals surface area contributed by atoms with Crippen molar-refractivity contribution >= 4 is 32.7 Å². The molecule has 2 saturated carbocycles. The zero-order valence-electron chi connectivity index (χ0n) is 29.9. The van der Waals surface area contributed by atoms with Crippen molar-refractivity contribution in [2.45, 2.75) is 96.1 Å². The molecule has 0 amide bonds. The van der Waals surface area contributed by atoms with Gasteiger partial charge in [0.1, 0.15) is 39.8 Å². The number of nitrogens with zero attached hydrogens (tertiary/aromatic N) is 4. The van der Waals surface area contributed by atoms with Crippen LogP contribution in [0.5, 0.6) is 5.75 Å². The summed E-state index contributed by atoms with van der Waals surface area (Å²) in [4.78, 5) is 24.3. The first kappa shape index (κ1) is 36.5. The summed E-state index contributed by atoms with van der Waals surface area (Å²) in [5.41, 5.74) is 1.17. The summed E-state index contributed by atoms with van der Waals surface area (Å²) in [5, 5.41) is 19.0. The first-order valence-electron chi connectivity index (χ1n) is 18.3. The third-order valence-corrected chi connectivity index (χ3v) is 12.4. The number of likely N-dealkylation sites (tertiary alicyclic amines) is 1. The lowest BCUT2D eigenvalue weighted by atomic mass is 9.78. The summed E-state index contributed by atoms with van der Waals surface area (Å²) < 4.78 is 36.8. The van der Waals surface area contributed by atoms with E-state index in [0.717, 1.165) is 81.2 Å². The van der Waals surface area contributed by atoms with E-state index in [1.165, 1.54) is 6.26 Å². The van der Waals surface area contributed by atoms with E-state index in [2.05, 4.69) is 34.4 Å². The van der Waals surface area contributed by atoms with Gasteiger partial charge in [0.25, 0.3) is 0 Å². The molecule has 2 aromatic heterocycles. The zero-order chi connectivity index (χ0) is 35.5. The van der Waals surface area contributed by atoms with Crippen LogP contribution in [0.3, 0.4) is 0 Å². The average Bonchev–Trinajstić information content (AvgIpc) is 3.55. The molecule has 3 fully saturated rings. The molecular weight excluding hydrogens is 657 g/mol. The van der Waals surface area contributed by atoms with Crippen LogP contribution in [0.25, 0.3) is 16.7 Å². The van der Waals surface area contributed by atoms with E-state index >= 15 is 0 Å². The molecule has 1 saturated heterocycles. The molecule has 274 valence electrons. The summed E-state index contributed by atoms with van der Waals surface area (Å²) in [5.74, 6) is 2.48. The number of anilines is 1. The third kappa shape index (κ3) is 8.43. The Morgan fingerprint density at radius 3 is 2.60 bits per heavy atom. The quantitative estimate of drug-likeness (QED) is 0.151. The predicted molar refractivity (Wildman–Crippen MR) is 194 cm³/mol. The number of nitrogens with one attached hydrogen (secondary N) is 2. The molecule has 1 unspecified atom stereocenters. The number of carbonyl (C=O) groups excluding carboxylic acids is 1. The molecule has 3 aliphatic rings. The van der Waals surface area contributed by atoms with Crippen molar-refractivity contribution in [2.24, 2.45) is 17.3 Å². The number of hydrogen-bond acceptors (Lipinski definition) is 11. The van der Waals surface area contributed by atoms with Gasteiger partial charge in [-0.2, -0.15) is 4.98 Å². The van der Waals surface area contributed by atoms with Crippen molar-refractivity contribution in [3.8, 4) is 11.6 Å². The number of fused-ring (bicyclic) bond motifs is 1. The predicted octanol–water partition coefficient (Wildman–Crippen LogP) is 4.55. The number of likely N-dealkylation sites (N-methyl/N-ethyl adjacent to an activating group) is 1. The van der Waals surface area contributed by atoms with Crippen molar-refractivity contribution in [1.82, 2.24) is 24.8 Å². The number of ether oxygens (including phenoxy) is 2. The molecule has 0 radical (unpaired) electrons. The van der Waals surface area contributed by atoms with E-state index in [-0.39, 0.29) is 41.1 Å². The largest absolute Gasteiger partial charge is 0.493 e.